The Morgan fingerprint density at radius 3 is 2.64 bits per heavy atom. The average molecular weight is 302 g/mol. The summed E-state index contributed by atoms with van der Waals surface area (Å²) in [6, 6.07) is 0. The summed E-state index contributed by atoms with van der Waals surface area (Å²) >= 11 is 0. The van der Waals surface area contributed by atoms with E-state index in [-0.39, 0.29) is 11.2 Å². The second-order valence-corrected chi connectivity index (χ2v) is 9.05. The Balaban J connectivity index is 1.68. The van der Waals surface area contributed by atoms with Crippen LogP contribution < -0.4 is 0 Å². The lowest BCUT2D eigenvalue weighted by Crippen LogP contribution is -2.52. The van der Waals surface area contributed by atoms with Gasteiger partial charge in [0.25, 0.3) is 0 Å². The Bertz CT molecular complexity index is 522. The van der Waals surface area contributed by atoms with E-state index in [1.54, 1.807) is 0 Å². The maximum absolute atomic E-state index is 12.7. The first-order valence-electron chi connectivity index (χ1n) is 9.39. The Morgan fingerprint density at radius 1 is 1.05 bits per heavy atom. The maximum atomic E-state index is 12.7. The van der Waals surface area contributed by atoms with Crippen molar-refractivity contribution in [2.75, 3.05) is 0 Å². The van der Waals surface area contributed by atoms with Crippen molar-refractivity contribution in [3.63, 3.8) is 0 Å². The molecule has 122 valence electrons. The van der Waals surface area contributed by atoms with Gasteiger partial charge in [0, 0.05) is 11.0 Å². The van der Waals surface area contributed by atoms with Crippen LogP contribution in [0.15, 0.2) is 11.8 Å². The van der Waals surface area contributed by atoms with Gasteiger partial charge in [-0.1, -0.05) is 26.7 Å². The molecule has 6 atom stereocenters. The summed E-state index contributed by atoms with van der Waals surface area (Å²) in [4.78, 5) is 12.7. The molecule has 1 N–H and O–H groups in total. The van der Waals surface area contributed by atoms with Gasteiger partial charge in [-0.15, -0.1) is 0 Å². The fourth-order valence-electron chi connectivity index (χ4n) is 7.08. The molecule has 4 aliphatic carbocycles. The number of allylic oxidation sites excluding steroid dienone is 1. The molecule has 0 aliphatic heterocycles. The van der Waals surface area contributed by atoms with Crippen LogP contribution in [0.1, 0.15) is 71.6 Å². The molecule has 4 saturated carbocycles. The lowest BCUT2D eigenvalue weighted by atomic mass is 9.45. The summed E-state index contributed by atoms with van der Waals surface area (Å²) in [5.41, 5.74) is 1.04. The van der Waals surface area contributed by atoms with Gasteiger partial charge >= 0.3 is 0 Å². The fraction of sp³-hybridized carbons (Fsp3) is 0.850. The van der Waals surface area contributed by atoms with Crippen LogP contribution in [-0.2, 0) is 4.79 Å². The highest BCUT2D eigenvalue weighted by Gasteiger charge is 2.60. The molecule has 22 heavy (non-hydrogen) atoms. The molecule has 0 heterocycles. The number of hydrogen-bond donors (Lipinski definition) is 1. The molecule has 2 heteroatoms. The van der Waals surface area contributed by atoms with Gasteiger partial charge in [-0.3, -0.25) is 4.79 Å². The van der Waals surface area contributed by atoms with Crippen LogP contribution in [0.2, 0.25) is 0 Å². The molecule has 0 saturated heterocycles. The normalized spacial score (nSPS) is 53.0. The highest BCUT2D eigenvalue weighted by Crippen LogP contribution is 2.65. The third kappa shape index (κ3) is 1.76. The smallest absolute Gasteiger partial charge is 0.168 e. The van der Waals surface area contributed by atoms with E-state index in [4.69, 9.17) is 0 Å². The van der Waals surface area contributed by atoms with Crippen molar-refractivity contribution < 1.29 is 9.90 Å². The van der Waals surface area contributed by atoms with Crippen LogP contribution in [0.3, 0.4) is 0 Å². The summed E-state index contributed by atoms with van der Waals surface area (Å²) in [5, 5.41) is 9.45. The van der Waals surface area contributed by atoms with Gasteiger partial charge in [0.1, 0.15) is 0 Å². The number of hydrogen-bond acceptors (Lipinski definition) is 2. The predicted molar refractivity (Wildman–Crippen MR) is 87.4 cm³/mol. The van der Waals surface area contributed by atoms with Crippen molar-refractivity contribution in [2.45, 2.75) is 71.6 Å². The number of carbonyl (C=O) groups excluding carboxylic acids is 1. The van der Waals surface area contributed by atoms with E-state index >= 15 is 0 Å². The third-order valence-corrected chi connectivity index (χ3v) is 8.38. The van der Waals surface area contributed by atoms with Crippen LogP contribution in [0.4, 0.5) is 0 Å². The number of fused-ring (bicyclic) bond motifs is 5. The largest absolute Gasteiger partial charge is 0.515 e. The van der Waals surface area contributed by atoms with E-state index in [1.165, 1.54) is 44.9 Å². The second-order valence-electron chi connectivity index (χ2n) is 9.05. The van der Waals surface area contributed by atoms with Crippen molar-refractivity contribution in [1.29, 1.82) is 0 Å². The van der Waals surface area contributed by atoms with E-state index in [9.17, 15) is 9.90 Å². The van der Waals surface area contributed by atoms with Gasteiger partial charge in [0.05, 0.1) is 6.26 Å². The van der Waals surface area contributed by atoms with Gasteiger partial charge in [-0.2, -0.15) is 0 Å². The predicted octanol–water partition coefficient (Wildman–Crippen LogP) is 5.04. The monoisotopic (exact) mass is 302 g/mol. The Morgan fingerprint density at radius 2 is 1.86 bits per heavy atom. The lowest BCUT2D eigenvalue weighted by Gasteiger charge is -2.59. The van der Waals surface area contributed by atoms with Crippen molar-refractivity contribution in [3.05, 3.63) is 11.8 Å². The minimum absolute atomic E-state index is 0.187. The molecule has 6 unspecified atom stereocenters. The molecule has 0 radical (unpaired) electrons. The second kappa shape index (κ2) is 4.85. The molecular formula is C20H30O2. The average Bonchev–Trinajstić information content (AvgIpc) is 2.78. The van der Waals surface area contributed by atoms with Crippen LogP contribution in [0.25, 0.3) is 0 Å². The van der Waals surface area contributed by atoms with E-state index in [0.29, 0.717) is 22.8 Å². The van der Waals surface area contributed by atoms with Crippen molar-refractivity contribution in [1.82, 2.24) is 0 Å². The molecule has 0 aromatic heterocycles. The van der Waals surface area contributed by atoms with Gasteiger partial charge in [-0.05, 0) is 74.0 Å². The molecular weight excluding hydrogens is 272 g/mol. The number of aliphatic hydroxyl groups is 1. The molecule has 0 bridgehead atoms. The van der Waals surface area contributed by atoms with Gasteiger partial charge in [0.2, 0.25) is 0 Å². The van der Waals surface area contributed by atoms with Crippen LogP contribution >= 0.6 is 0 Å². The topological polar surface area (TPSA) is 37.3 Å². The Kier molecular flexibility index (Phi) is 3.26. The first kappa shape index (κ1) is 14.8. The highest BCUT2D eigenvalue weighted by molar-refractivity contribution is 6.02. The first-order chi connectivity index (χ1) is 10.5. The highest BCUT2D eigenvalue weighted by atomic mass is 16.2. The maximum Gasteiger partial charge on any atom is 0.168 e. The van der Waals surface area contributed by atoms with Crippen molar-refractivity contribution >= 4 is 5.78 Å². The fourth-order valence-corrected chi connectivity index (χ4v) is 7.08. The molecule has 0 amide bonds. The SMILES string of the molecule is CC12CCC3C(CCC4CCCCC43C)C1C/C(=C/O)C2=O. The van der Waals surface area contributed by atoms with E-state index in [2.05, 4.69) is 13.8 Å². The van der Waals surface area contributed by atoms with E-state index in [1.807, 2.05) is 0 Å². The Hall–Kier alpha value is -0.790. The van der Waals surface area contributed by atoms with Crippen LogP contribution in [-0.4, -0.2) is 10.9 Å². The molecule has 2 nitrogen and oxygen atoms in total. The summed E-state index contributed by atoms with van der Waals surface area (Å²) in [7, 11) is 0. The Labute approximate surface area is 134 Å². The number of aliphatic hydroxyl groups excluding tert-OH is 1. The molecule has 0 aromatic rings. The summed E-state index contributed by atoms with van der Waals surface area (Å²) in [6.45, 7) is 4.75. The zero-order valence-corrected chi connectivity index (χ0v) is 14.1. The standard InChI is InChI=1S/C20H30O2/c1-19-9-4-3-5-14(19)6-7-15-16(19)8-10-20(2)17(15)11-13(12-21)18(20)22/h12,14-17,21H,3-11H2,1-2H3/b13-12-. The third-order valence-electron chi connectivity index (χ3n) is 8.38. The quantitative estimate of drug-likeness (QED) is 0.503. The molecule has 4 rings (SSSR count). The van der Waals surface area contributed by atoms with Crippen LogP contribution in [0, 0.1) is 34.5 Å². The number of Topliss-reactive ketones (excluding diaryl/α,β-unsaturated/α-hetero) is 1. The summed E-state index contributed by atoms with van der Waals surface area (Å²) in [6.07, 6.45) is 12.6. The molecule has 4 aliphatic rings. The van der Waals surface area contributed by atoms with E-state index < -0.39 is 0 Å². The number of carbonyl (C=O) groups is 1. The lowest BCUT2D eigenvalue weighted by molar-refractivity contribution is -0.137. The molecule has 4 fully saturated rings. The molecule has 0 spiro atoms. The summed E-state index contributed by atoms with van der Waals surface area (Å²) in [5.74, 6) is 3.18. The zero-order valence-electron chi connectivity index (χ0n) is 14.1. The first-order valence-corrected chi connectivity index (χ1v) is 9.39. The minimum atomic E-state index is -0.187. The minimum Gasteiger partial charge on any atom is -0.515 e. The zero-order chi connectivity index (χ0) is 15.5. The number of rotatable bonds is 0. The van der Waals surface area contributed by atoms with Gasteiger partial charge in [0.15, 0.2) is 5.78 Å². The van der Waals surface area contributed by atoms with E-state index in [0.717, 1.165) is 30.9 Å². The number of ketones is 1. The van der Waals surface area contributed by atoms with Crippen LogP contribution in [0.5, 0.6) is 0 Å². The van der Waals surface area contributed by atoms with Crippen molar-refractivity contribution in [3.8, 4) is 0 Å². The van der Waals surface area contributed by atoms with Gasteiger partial charge < -0.3 is 5.11 Å². The van der Waals surface area contributed by atoms with Gasteiger partial charge in [-0.25, -0.2) is 0 Å². The van der Waals surface area contributed by atoms with Crippen molar-refractivity contribution in [2.24, 2.45) is 34.5 Å². The summed E-state index contributed by atoms with van der Waals surface area (Å²) < 4.78 is 0. The molecule has 0 aromatic carbocycles.